The Kier molecular flexibility index (Phi) is 3.56. The molecule has 1 fully saturated rings. The molecule has 2 heterocycles. The number of halogens is 1. The molecule has 2 aromatic rings. The molecule has 20 heavy (non-hydrogen) atoms. The van der Waals surface area contributed by atoms with E-state index in [1.165, 1.54) is 10.9 Å². The van der Waals surface area contributed by atoms with Crippen LogP contribution in [0.1, 0.15) is 17.3 Å². The van der Waals surface area contributed by atoms with Crippen molar-refractivity contribution in [2.75, 3.05) is 26.7 Å². The molecule has 1 aromatic heterocycles. The first-order valence-electron chi connectivity index (χ1n) is 6.77. The van der Waals surface area contributed by atoms with E-state index >= 15 is 0 Å². The molecule has 0 spiro atoms. The van der Waals surface area contributed by atoms with Crippen LogP contribution in [-0.4, -0.2) is 47.9 Å². The van der Waals surface area contributed by atoms with E-state index in [0.29, 0.717) is 0 Å². The second kappa shape index (κ2) is 5.22. The monoisotopic (exact) mass is 335 g/mol. The molecule has 1 amide bonds. The SMILES string of the molecule is Cc1ccc(Br)c2cc(C3CN(C)CCN3C=O)[nH]c12. The number of H-pyrrole nitrogens is 1. The number of aromatic amines is 1. The Bertz CT molecular complexity index is 613. The average molecular weight is 336 g/mol. The number of aryl methyl sites for hydroxylation is 1. The molecule has 1 unspecified atom stereocenters. The van der Waals surface area contributed by atoms with Crippen LogP contribution < -0.4 is 0 Å². The fourth-order valence-corrected chi connectivity index (χ4v) is 3.31. The van der Waals surface area contributed by atoms with Gasteiger partial charge in [0.2, 0.25) is 6.41 Å². The van der Waals surface area contributed by atoms with Gasteiger partial charge in [-0.25, -0.2) is 0 Å². The quantitative estimate of drug-likeness (QED) is 0.857. The molecule has 3 rings (SSSR count). The molecular formula is C15H18BrN3O. The smallest absolute Gasteiger partial charge is 0.210 e. The number of hydrogen-bond acceptors (Lipinski definition) is 2. The van der Waals surface area contributed by atoms with E-state index in [2.05, 4.69) is 58.0 Å². The second-order valence-corrected chi connectivity index (χ2v) is 6.35. The van der Waals surface area contributed by atoms with E-state index in [0.717, 1.165) is 41.7 Å². The Hall–Kier alpha value is -1.33. The first kappa shape index (κ1) is 13.6. The highest BCUT2D eigenvalue weighted by Gasteiger charge is 2.27. The summed E-state index contributed by atoms with van der Waals surface area (Å²) in [4.78, 5) is 18.9. The number of aromatic nitrogens is 1. The van der Waals surface area contributed by atoms with Gasteiger partial charge in [0.25, 0.3) is 0 Å². The summed E-state index contributed by atoms with van der Waals surface area (Å²) in [6, 6.07) is 6.42. The molecular weight excluding hydrogens is 318 g/mol. The minimum Gasteiger partial charge on any atom is -0.356 e. The molecule has 5 heteroatoms. The number of hydrogen-bond donors (Lipinski definition) is 1. The van der Waals surface area contributed by atoms with Crippen LogP contribution in [0.2, 0.25) is 0 Å². The van der Waals surface area contributed by atoms with Crippen molar-refractivity contribution < 1.29 is 4.79 Å². The number of carbonyl (C=O) groups excluding carboxylic acids is 1. The molecule has 0 aliphatic carbocycles. The van der Waals surface area contributed by atoms with E-state index in [9.17, 15) is 4.79 Å². The van der Waals surface area contributed by atoms with Gasteiger partial charge in [0.05, 0.1) is 6.04 Å². The van der Waals surface area contributed by atoms with Crippen LogP contribution in [0, 0.1) is 6.92 Å². The maximum atomic E-state index is 11.3. The van der Waals surface area contributed by atoms with Crippen molar-refractivity contribution in [2.45, 2.75) is 13.0 Å². The van der Waals surface area contributed by atoms with Crippen LogP contribution >= 0.6 is 15.9 Å². The number of fused-ring (bicyclic) bond motifs is 1. The maximum absolute atomic E-state index is 11.3. The number of carbonyl (C=O) groups is 1. The summed E-state index contributed by atoms with van der Waals surface area (Å²) in [5.74, 6) is 0. The van der Waals surface area contributed by atoms with Crippen molar-refractivity contribution in [2.24, 2.45) is 0 Å². The average Bonchev–Trinajstić information content (AvgIpc) is 2.89. The molecule has 1 aliphatic heterocycles. The van der Waals surface area contributed by atoms with E-state index in [4.69, 9.17) is 0 Å². The first-order valence-corrected chi connectivity index (χ1v) is 7.56. The molecule has 0 radical (unpaired) electrons. The Morgan fingerprint density at radius 1 is 1.40 bits per heavy atom. The van der Waals surface area contributed by atoms with Gasteiger partial charge in [-0.3, -0.25) is 4.79 Å². The standard InChI is InChI=1S/C15H18BrN3O/c1-10-3-4-12(16)11-7-13(17-15(10)11)14-8-18(2)5-6-19(14)9-20/h3-4,7,9,14,17H,5-6,8H2,1-2H3. The van der Waals surface area contributed by atoms with Gasteiger partial charge in [0, 0.05) is 40.7 Å². The maximum Gasteiger partial charge on any atom is 0.210 e. The minimum atomic E-state index is 0.102. The molecule has 106 valence electrons. The summed E-state index contributed by atoms with van der Waals surface area (Å²) in [6.07, 6.45) is 0.963. The largest absolute Gasteiger partial charge is 0.356 e. The number of nitrogens with zero attached hydrogens (tertiary/aromatic N) is 2. The summed E-state index contributed by atoms with van der Waals surface area (Å²) in [6.45, 7) is 4.67. The predicted molar refractivity (Wildman–Crippen MR) is 83.7 cm³/mol. The minimum absolute atomic E-state index is 0.102. The fraction of sp³-hybridized carbons (Fsp3) is 0.400. The summed E-state index contributed by atoms with van der Waals surface area (Å²) in [5.41, 5.74) is 3.47. The predicted octanol–water partition coefficient (Wildman–Crippen LogP) is 2.68. The number of nitrogens with one attached hydrogen (secondary N) is 1. The van der Waals surface area contributed by atoms with Crippen molar-refractivity contribution >= 4 is 33.2 Å². The van der Waals surface area contributed by atoms with Crippen LogP contribution in [0.25, 0.3) is 10.9 Å². The van der Waals surface area contributed by atoms with Gasteiger partial charge < -0.3 is 14.8 Å². The molecule has 4 nitrogen and oxygen atoms in total. The highest BCUT2D eigenvalue weighted by Crippen LogP contribution is 2.31. The third-order valence-corrected chi connectivity index (χ3v) is 4.78. The zero-order valence-electron chi connectivity index (χ0n) is 11.7. The molecule has 0 bridgehead atoms. The number of rotatable bonds is 2. The van der Waals surface area contributed by atoms with Gasteiger partial charge in [0.1, 0.15) is 0 Å². The van der Waals surface area contributed by atoms with Crippen LogP contribution in [0.15, 0.2) is 22.7 Å². The van der Waals surface area contributed by atoms with Crippen molar-refractivity contribution in [1.82, 2.24) is 14.8 Å². The van der Waals surface area contributed by atoms with E-state index in [1.54, 1.807) is 0 Å². The summed E-state index contributed by atoms with van der Waals surface area (Å²) < 4.78 is 1.09. The first-order chi connectivity index (χ1) is 9.60. The van der Waals surface area contributed by atoms with Gasteiger partial charge in [-0.15, -0.1) is 0 Å². The van der Waals surface area contributed by atoms with Gasteiger partial charge in [-0.05, 0) is 31.7 Å². The Balaban J connectivity index is 2.06. The van der Waals surface area contributed by atoms with E-state index in [-0.39, 0.29) is 6.04 Å². The number of amides is 1. The molecule has 1 aliphatic rings. The molecule has 1 N–H and O–H groups in total. The van der Waals surface area contributed by atoms with Crippen LogP contribution in [0.4, 0.5) is 0 Å². The lowest BCUT2D eigenvalue weighted by Gasteiger charge is -2.37. The highest BCUT2D eigenvalue weighted by atomic mass is 79.9. The molecule has 1 saturated heterocycles. The Morgan fingerprint density at radius 3 is 2.90 bits per heavy atom. The van der Waals surface area contributed by atoms with Gasteiger partial charge in [-0.1, -0.05) is 22.0 Å². The van der Waals surface area contributed by atoms with Crippen molar-refractivity contribution in [1.29, 1.82) is 0 Å². The van der Waals surface area contributed by atoms with Crippen molar-refractivity contribution in [3.05, 3.63) is 33.9 Å². The Labute approximate surface area is 126 Å². The number of likely N-dealkylation sites (N-methyl/N-ethyl adjacent to an activating group) is 1. The molecule has 1 aromatic carbocycles. The van der Waals surface area contributed by atoms with Crippen molar-refractivity contribution in [3.63, 3.8) is 0 Å². The lowest BCUT2D eigenvalue weighted by Crippen LogP contribution is -2.46. The lowest BCUT2D eigenvalue weighted by atomic mass is 10.1. The van der Waals surface area contributed by atoms with Gasteiger partial charge in [0.15, 0.2) is 0 Å². The van der Waals surface area contributed by atoms with E-state index in [1.807, 2.05) is 4.90 Å². The lowest BCUT2D eigenvalue weighted by molar-refractivity contribution is -0.122. The van der Waals surface area contributed by atoms with Gasteiger partial charge in [-0.2, -0.15) is 0 Å². The zero-order chi connectivity index (χ0) is 14.3. The number of piperazine rings is 1. The summed E-state index contributed by atoms with van der Waals surface area (Å²) >= 11 is 3.60. The zero-order valence-corrected chi connectivity index (χ0v) is 13.3. The second-order valence-electron chi connectivity index (χ2n) is 5.50. The number of benzene rings is 1. The summed E-state index contributed by atoms with van der Waals surface area (Å²) in [7, 11) is 2.10. The Morgan fingerprint density at radius 2 is 2.20 bits per heavy atom. The van der Waals surface area contributed by atoms with Crippen molar-refractivity contribution in [3.8, 4) is 0 Å². The third-order valence-electron chi connectivity index (χ3n) is 4.09. The van der Waals surface area contributed by atoms with Crippen LogP contribution in [0.5, 0.6) is 0 Å². The third kappa shape index (κ3) is 2.25. The normalized spacial score (nSPS) is 20.6. The summed E-state index contributed by atoms with van der Waals surface area (Å²) in [5, 5.41) is 1.18. The molecule has 1 atom stereocenters. The van der Waals surface area contributed by atoms with Crippen LogP contribution in [0.3, 0.4) is 0 Å². The molecule has 0 saturated carbocycles. The topological polar surface area (TPSA) is 39.3 Å². The fourth-order valence-electron chi connectivity index (χ4n) is 2.86. The van der Waals surface area contributed by atoms with E-state index < -0.39 is 0 Å². The van der Waals surface area contributed by atoms with Gasteiger partial charge >= 0.3 is 0 Å². The highest BCUT2D eigenvalue weighted by molar-refractivity contribution is 9.10. The van der Waals surface area contributed by atoms with Crippen LogP contribution in [-0.2, 0) is 4.79 Å².